The summed E-state index contributed by atoms with van der Waals surface area (Å²) >= 11 is 0. The first-order valence-electron chi connectivity index (χ1n) is 8.72. The molecule has 0 aromatic heterocycles. The van der Waals surface area contributed by atoms with Crippen LogP contribution in [0.3, 0.4) is 0 Å². The van der Waals surface area contributed by atoms with E-state index in [0.29, 0.717) is 5.41 Å². The first kappa shape index (κ1) is 17.0. The van der Waals surface area contributed by atoms with Crippen LogP contribution in [0, 0.1) is 5.41 Å². The Morgan fingerprint density at radius 3 is 2.11 bits per heavy atom. The Balaban J connectivity index is 2.36. The predicted octanol–water partition coefficient (Wildman–Crippen LogP) is 5.69. The fourth-order valence-electron chi connectivity index (χ4n) is 3.37. The van der Waals surface area contributed by atoms with E-state index in [4.69, 9.17) is 0 Å². The van der Waals surface area contributed by atoms with Gasteiger partial charge in [0.15, 0.2) is 0 Å². The zero-order chi connectivity index (χ0) is 14.2. The summed E-state index contributed by atoms with van der Waals surface area (Å²) in [5, 5.41) is 3.78. The molecule has 0 heterocycles. The van der Waals surface area contributed by atoms with Gasteiger partial charge < -0.3 is 5.32 Å². The molecule has 0 saturated heterocycles. The normalized spacial score (nSPS) is 19.6. The van der Waals surface area contributed by atoms with Crippen LogP contribution in [-0.2, 0) is 0 Å². The van der Waals surface area contributed by atoms with Gasteiger partial charge >= 0.3 is 0 Å². The molecule has 1 rings (SSSR count). The third-order valence-electron chi connectivity index (χ3n) is 4.72. The van der Waals surface area contributed by atoms with Gasteiger partial charge in [0.2, 0.25) is 0 Å². The quantitative estimate of drug-likeness (QED) is 0.557. The van der Waals surface area contributed by atoms with E-state index in [9.17, 15) is 0 Å². The third kappa shape index (κ3) is 7.34. The highest BCUT2D eigenvalue weighted by molar-refractivity contribution is 4.87. The first-order valence-corrected chi connectivity index (χ1v) is 8.72. The molecule has 1 saturated carbocycles. The monoisotopic (exact) mass is 267 g/mol. The van der Waals surface area contributed by atoms with Crippen LogP contribution in [-0.4, -0.2) is 12.1 Å². The second kappa shape index (κ2) is 8.29. The second-order valence-electron chi connectivity index (χ2n) is 7.83. The molecule has 0 aliphatic heterocycles. The molecule has 1 aliphatic rings. The molecule has 114 valence electrons. The maximum atomic E-state index is 3.78. The van der Waals surface area contributed by atoms with E-state index in [1.54, 1.807) is 0 Å². The average molecular weight is 268 g/mol. The summed E-state index contributed by atoms with van der Waals surface area (Å²) in [5.74, 6) is 0. The number of hydrogen-bond donors (Lipinski definition) is 1. The summed E-state index contributed by atoms with van der Waals surface area (Å²) in [6.45, 7) is 10.4. The largest absolute Gasteiger partial charge is 0.312 e. The van der Waals surface area contributed by atoms with E-state index in [2.05, 4.69) is 33.0 Å². The molecular weight excluding hydrogens is 230 g/mol. The van der Waals surface area contributed by atoms with Crippen molar-refractivity contribution in [2.75, 3.05) is 6.54 Å². The minimum atomic E-state index is 0.270. The summed E-state index contributed by atoms with van der Waals surface area (Å²) in [7, 11) is 0. The maximum absolute atomic E-state index is 3.78. The van der Waals surface area contributed by atoms with Crippen molar-refractivity contribution < 1.29 is 0 Å². The number of unbranched alkanes of at least 4 members (excludes halogenated alkanes) is 4. The lowest BCUT2D eigenvalue weighted by Gasteiger charge is -2.40. The lowest BCUT2D eigenvalue weighted by atomic mass is 9.70. The molecule has 0 unspecified atom stereocenters. The van der Waals surface area contributed by atoms with Crippen LogP contribution in [0.4, 0.5) is 0 Å². The van der Waals surface area contributed by atoms with Crippen molar-refractivity contribution in [3.05, 3.63) is 0 Å². The second-order valence-corrected chi connectivity index (χ2v) is 7.83. The van der Waals surface area contributed by atoms with Crippen LogP contribution in [0.15, 0.2) is 0 Å². The van der Waals surface area contributed by atoms with Gasteiger partial charge in [-0.15, -0.1) is 0 Å². The van der Waals surface area contributed by atoms with E-state index < -0.39 is 0 Å². The molecule has 1 aliphatic carbocycles. The van der Waals surface area contributed by atoms with Gasteiger partial charge in [-0.3, -0.25) is 0 Å². The van der Waals surface area contributed by atoms with Crippen molar-refractivity contribution in [2.24, 2.45) is 5.41 Å². The molecule has 0 aromatic rings. The molecule has 0 amide bonds. The maximum Gasteiger partial charge on any atom is 0.00967 e. The number of rotatable bonds is 8. The smallest absolute Gasteiger partial charge is 0.00967 e. The lowest BCUT2D eigenvalue weighted by molar-refractivity contribution is 0.148. The zero-order valence-electron chi connectivity index (χ0n) is 14.0. The van der Waals surface area contributed by atoms with Gasteiger partial charge in [-0.2, -0.15) is 0 Å². The lowest BCUT2D eigenvalue weighted by Crippen LogP contribution is -2.44. The Bertz CT molecular complexity index is 220. The predicted molar refractivity (Wildman–Crippen MR) is 86.6 cm³/mol. The average Bonchev–Trinajstić information content (AvgIpc) is 2.37. The van der Waals surface area contributed by atoms with Crippen molar-refractivity contribution in [2.45, 2.75) is 104 Å². The Labute approximate surface area is 121 Å². The van der Waals surface area contributed by atoms with Crippen LogP contribution in [0.2, 0.25) is 0 Å². The van der Waals surface area contributed by atoms with Crippen LogP contribution in [0.5, 0.6) is 0 Å². The van der Waals surface area contributed by atoms with Gasteiger partial charge in [-0.1, -0.05) is 58.3 Å². The number of hydrogen-bond acceptors (Lipinski definition) is 1. The molecule has 0 aromatic carbocycles. The van der Waals surface area contributed by atoms with Gasteiger partial charge in [-0.05, 0) is 45.4 Å². The van der Waals surface area contributed by atoms with E-state index >= 15 is 0 Å². The molecule has 1 heteroatoms. The van der Waals surface area contributed by atoms with Gasteiger partial charge in [0.1, 0.15) is 0 Å². The molecule has 1 fully saturated rings. The van der Waals surface area contributed by atoms with E-state index in [1.165, 1.54) is 77.2 Å². The van der Waals surface area contributed by atoms with Crippen molar-refractivity contribution in [3.8, 4) is 0 Å². The van der Waals surface area contributed by atoms with Crippen LogP contribution < -0.4 is 5.32 Å². The Hall–Kier alpha value is -0.0400. The highest BCUT2D eigenvalue weighted by Gasteiger charge is 2.32. The molecule has 0 bridgehead atoms. The standard InChI is InChI=1S/C18H37N/c1-5-6-7-8-10-13-18(14-11-9-12-15-18)16-19-17(2,3)4/h19H,5-16H2,1-4H3. The van der Waals surface area contributed by atoms with Gasteiger partial charge in [-0.25, -0.2) is 0 Å². The molecule has 0 spiro atoms. The van der Waals surface area contributed by atoms with Gasteiger partial charge in [0.25, 0.3) is 0 Å². The van der Waals surface area contributed by atoms with Crippen molar-refractivity contribution in [1.82, 2.24) is 5.32 Å². The summed E-state index contributed by atoms with van der Waals surface area (Å²) in [5.41, 5.74) is 0.893. The van der Waals surface area contributed by atoms with Crippen LogP contribution in [0.25, 0.3) is 0 Å². The van der Waals surface area contributed by atoms with E-state index in [-0.39, 0.29) is 5.54 Å². The van der Waals surface area contributed by atoms with Crippen LogP contribution >= 0.6 is 0 Å². The van der Waals surface area contributed by atoms with Crippen LogP contribution in [0.1, 0.15) is 98.3 Å². The van der Waals surface area contributed by atoms with Crippen molar-refractivity contribution in [1.29, 1.82) is 0 Å². The SMILES string of the molecule is CCCCCCCC1(CNC(C)(C)C)CCCCC1. The van der Waals surface area contributed by atoms with Gasteiger partial charge in [0, 0.05) is 12.1 Å². The van der Waals surface area contributed by atoms with E-state index in [0.717, 1.165) is 0 Å². The topological polar surface area (TPSA) is 12.0 Å². The van der Waals surface area contributed by atoms with Crippen molar-refractivity contribution in [3.63, 3.8) is 0 Å². The Morgan fingerprint density at radius 1 is 0.895 bits per heavy atom. The summed E-state index contributed by atoms with van der Waals surface area (Å²) in [4.78, 5) is 0. The third-order valence-corrected chi connectivity index (χ3v) is 4.72. The minimum Gasteiger partial charge on any atom is -0.312 e. The highest BCUT2D eigenvalue weighted by Crippen LogP contribution is 2.40. The molecular formula is C18H37N. The first-order chi connectivity index (χ1) is 8.97. The molecule has 0 radical (unpaired) electrons. The summed E-state index contributed by atoms with van der Waals surface area (Å²) in [6.07, 6.45) is 15.9. The minimum absolute atomic E-state index is 0.270. The fourth-order valence-corrected chi connectivity index (χ4v) is 3.37. The highest BCUT2D eigenvalue weighted by atomic mass is 15.0. The summed E-state index contributed by atoms with van der Waals surface area (Å²) in [6, 6.07) is 0. The Morgan fingerprint density at radius 2 is 1.53 bits per heavy atom. The fraction of sp³-hybridized carbons (Fsp3) is 1.00. The Kier molecular flexibility index (Phi) is 7.42. The molecule has 1 N–H and O–H groups in total. The zero-order valence-corrected chi connectivity index (χ0v) is 14.0. The van der Waals surface area contributed by atoms with Gasteiger partial charge in [0.05, 0.1) is 0 Å². The van der Waals surface area contributed by atoms with Crippen molar-refractivity contribution >= 4 is 0 Å². The summed E-state index contributed by atoms with van der Waals surface area (Å²) < 4.78 is 0. The van der Waals surface area contributed by atoms with E-state index in [1.807, 2.05) is 0 Å². The number of nitrogens with one attached hydrogen (secondary N) is 1. The molecule has 0 atom stereocenters. The molecule has 19 heavy (non-hydrogen) atoms. The molecule has 1 nitrogen and oxygen atoms in total.